The van der Waals surface area contributed by atoms with Gasteiger partial charge in [0.05, 0.1) is 12.0 Å². The third-order valence-electron chi connectivity index (χ3n) is 2.64. The van der Waals surface area contributed by atoms with Crippen LogP contribution < -0.4 is 10.1 Å². The quantitative estimate of drug-likeness (QED) is 0.730. The standard InChI is InChI=1S/C11H17NOS/c1-13-10-5-7-14-11(10)8-12-6-4-9-2-3-9/h5,7,9,12H,2-4,6,8H2,1H3. The highest BCUT2D eigenvalue weighted by Crippen LogP contribution is 2.31. The van der Waals surface area contributed by atoms with Gasteiger partial charge < -0.3 is 10.1 Å². The first-order valence-electron chi connectivity index (χ1n) is 5.21. The molecule has 1 aromatic rings. The van der Waals surface area contributed by atoms with Crippen molar-refractivity contribution in [2.45, 2.75) is 25.8 Å². The summed E-state index contributed by atoms with van der Waals surface area (Å²) in [6, 6.07) is 2.03. The summed E-state index contributed by atoms with van der Waals surface area (Å²) in [6.45, 7) is 2.10. The van der Waals surface area contributed by atoms with Gasteiger partial charge >= 0.3 is 0 Å². The highest BCUT2D eigenvalue weighted by molar-refractivity contribution is 7.10. The fourth-order valence-electron chi connectivity index (χ4n) is 1.55. The molecule has 0 radical (unpaired) electrons. The Morgan fingerprint density at radius 3 is 3.14 bits per heavy atom. The van der Waals surface area contributed by atoms with Gasteiger partial charge in [0.25, 0.3) is 0 Å². The average molecular weight is 211 g/mol. The largest absolute Gasteiger partial charge is 0.496 e. The molecule has 1 aromatic heterocycles. The lowest BCUT2D eigenvalue weighted by molar-refractivity contribution is 0.410. The number of nitrogens with one attached hydrogen (secondary N) is 1. The molecule has 0 aromatic carbocycles. The molecule has 0 bridgehead atoms. The summed E-state index contributed by atoms with van der Waals surface area (Å²) in [4.78, 5) is 1.31. The van der Waals surface area contributed by atoms with E-state index in [0.717, 1.165) is 24.8 Å². The van der Waals surface area contributed by atoms with Crippen molar-refractivity contribution in [2.24, 2.45) is 5.92 Å². The molecule has 0 saturated heterocycles. The van der Waals surface area contributed by atoms with Crippen molar-refractivity contribution in [3.05, 3.63) is 16.3 Å². The molecule has 1 N–H and O–H groups in total. The predicted molar refractivity (Wildman–Crippen MR) is 59.9 cm³/mol. The van der Waals surface area contributed by atoms with Crippen LogP contribution >= 0.6 is 11.3 Å². The van der Waals surface area contributed by atoms with Crippen molar-refractivity contribution in [3.8, 4) is 5.75 Å². The minimum Gasteiger partial charge on any atom is -0.496 e. The number of ether oxygens (including phenoxy) is 1. The van der Waals surface area contributed by atoms with Crippen LogP contribution in [0.5, 0.6) is 5.75 Å². The van der Waals surface area contributed by atoms with Crippen LogP contribution in [0, 0.1) is 5.92 Å². The molecule has 1 fully saturated rings. The van der Waals surface area contributed by atoms with E-state index < -0.39 is 0 Å². The van der Waals surface area contributed by atoms with Crippen molar-refractivity contribution in [1.29, 1.82) is 0 Å². The Balaban J connectivity index is 1.68. The van der Waals surface area contributed by atoms with E-state index in [2.05, 4.69) is 10.7 Å². The Labute approximate surface area is 89.3 Å². The maximum Gasteiger partial charge on any atom is 0.134 e. The average Bonchev–Trinajstić information content (AvgIpc) is 2.91. The van der Waals surface area contributed by atoms with Crippen LogP contribution in [0.2, 0.25) is 0 Å². The molecular formula is C11H17NOS. The van der Waals surface area contributed by atoms with E-state index in [1.165, 1.54) is 24.1 Å². The fraction of sp³-hybridized carbons (Fsp3) is 0.636. The second-order valence-corrected chi connectivity index (χ2v) is 4.82. The predicted octanol–water partition coefficient (Wildman–Crippen LogP) is 2.65. The van der Waals surface area contributed by atoms with Crippen molar-refractivity contribution in [2.75, 3.05) is 13.7 Å². The minimum atomic E-state index is 0.952. The molecule has 14 heavy (non-hydrogen) atoms. The Bertz CT molecular complexity index is 281. The summed E-state index contributed by atoms with van der Waals surface area (Å²) in [5.74, 6) is 2.04. The maximum atomic E-state index is 5.25. The van der Waals surface area contributed by atoms with Gasteiger partial charge in [0.1, 0.15) is 5.75 Å². The Morgan fingerprint density at radius 1 is 1.57 bits per heavy atom. The summed E-state index contributed by atoms with van der Waals surface area (Å²) in [5, 5.41) is 5.54. The zero-order valence-electron chi connectivity index (χ0n) is 8.58. The molecule has 0 amide bonds. The summed E-state index contributed by atoms with van der Waals surface area (Å²) < 4.78 is 5.25. The van der Waals surface area contributed by atoms with Gasteiger partial charge in [-0.2, -0.15) is 0 Å². The molecule has 0 atom stereocenters. The van der Waals surface area contributed by atoms with E-state index in [1.54, 1.807) is 18.4 Å². The van der Waals surface area contributed by atoms with Crippen LogP contribution in [0.4, 0.5) is 0 Å². The molecule has 0 aliphatic heterocycles. The summed E-state index contributed by atoms with van der Waals surface area (Å²) in [5.41, 5.74) is 0. The molecule has 2 rings (SSSR count). The molecule has 1 aliphatic carbocycles. The first-order valence-corrected chi connectivity index (χ1v) is 6.09. The number of hydrogen-bond acceptors (Lipinski definition) is 3. The van der Waals surface area contributed by atoms with Gasteiger partial charge in [-0.3, -0.25) is 0 Å². The van der Waals surface area contributed by atoms with Crippen LogP contribution in [0.1, 0.15) is 24.1 Å². The van der Waals surface area contributed by atoms with Crippen molar-refractivity contribution in [1.82, 2.24) is 5.32 Å². The molecular weight excluding hydrogens is 194 g/mol. The first-order chi connectivity index (χ1) is 6.90. The van der Waals surface area contributed by atoms with E-state index in [4.69, 9.17) is 4.74 Å². The number of methoxy groups -OCH3 is 1. The van der Waals surface area contributed by atoms with Crippen LogP contribution in [0.15, 0.2) is 11.4 Å². The van der Waals surface area contributed by atoms with Crippen molar-refractivity contribution < 1.29 is 4.74 Å². The van der Waals surface area contributed by atoms with E-state index in [1.807, 2.05) is 6.07 Å². The van der Waals surface area contributed by atoms with Crippen LogP contribution in [0.25, 0.3) is 0 Å². The molecule has 0 unspecified atom stereocenters. The zero-order valence-corrected chi connectivity index (χ0v) is 9.40. The molecule has 2 nitrogen and oxygen atoms in total. The zero-order chi connectivity index (χ0) is 9.80. The third kappa shape index (κ3) is 2.72. The molecule has 78 valence electrons. The SMILES string of the molecule is COc1ccsc1CNCCC1CC1. The Morgan fingerprint density at radius 2 is 2.43 bits per heavy atom. The van der Waals surface area contributed by atoms with E-state index >= 15 is 0 Å². The smallest absolute Gasteiger partial charge is 0.134 e. The van der Waals surface area contributed by atoms with E-state index in [-0.39, 0.29) is 0 Å². The van der Waals surface area contributed by atoms with Crippen molar-refractivity contribution >= 4 is 11.3 Å². The van der Waals surface area contributed by atoms with Crippen LogP contribution in [-0.4, -0.2) is 13.7 Å². The summed E-state index contributed by atoms with van der Waals surface area (Å²) in [6.07, 6.45) is 4.24. The van der Waals surface area contributed by atoms with Gasteiger partial charge in [-0.05, 0) is 30.3 Å². The molecule has 1 heterocycles. The van der Waals surface area contributed by atoms with Gasteiger partial charge in [-0.25, -0.2) is 0 Å². The van der Waals surface area contributed by atoms with Crippen molar-refractivity contribution in [3.63, 3.8) is 0 Å². The number of rotatable bonds is 6. The third-order valence-corrected chi connectivity index (χ3v) is 3.54. The number of hydrogen-bond donors (Lipinski definition) is 1. The monoisotopic (exact) mass is 211 g/mol. The first kappa shape index (κ1) is 9.99. The topological polar surface area (TPSA) is 21.3 Å². The lowest BCUT2D eigenvalue weighted by Crippen LogP contribution is -2.14. The Kier molecular flexibility index (Phi) is 3.43. The van der Waals surface area contributed by atoms with Crippen LogP contribution in [0.3, 0.4) is 0 Å². The second kappa shape index (κ2) is 4.80. The molecule has 1 aliphatic rings. The van der Waals surface area contributed by atoms with E-state index in [9.17, 15) is 0 Å². The highest BCUT2D eigenvalue weighted by Gasteiger charge is 2.19. The normalized spacial score (nSPS) is 15.8. The summed E-state index contributed by atoms with van der Waals surface area (Å²) >= 11 is 1.76. The summed E-state index contributed by atoms with van der Waals surface area (Å²) in [7, 11) is 1.73. The highest BCUT2D eigenvalue weighted by atomic mass is 32.1. The van der Waals surface area contributed by atoms with E-state index in [0.29, 0.717) is 0 Å². The minimum absolute atomic E-state index is 0.952. The lowest BCUT2D eigenvalue weighted by atomic mass is 10.3. The second-order valence-electron chi connectivity index (χ2n) is 3.82. The number of thiophene rings is 1. The molecule has 1 saturated carbocycles. The Hall–Kier alpha value is -0.540. The molecule has 0 spiro atoms. The van der Waals surface area contributed by atoms with Gasteiger partial charge in [0, 0.05) is 6.54 Å². The van der Waals surface area contributed by atoms with Gasteiger partial charge in [0.15, 0.2) is 0 Å². The van der Waals surface area contributed by atoms with Gasteiger partial charge in [0.2, 0.25) is 0 Å². The van der Waals surface area contributed by atoms with Gasteiger partial charge in [-0.15, -0.1) is 11.3 Å². The fourth-order valence-corrected chi connectivity index (χ4v) is 2.36. The van der Waals surface area contributed by atoms with Gasteiger partial charge in [-0.1, -0.05) is 12.8 Å². The maximum absolute atomic E-state index is 5.25. The molecule has 3 heteroatoms. The van der Waals surface area contributed by atoms with Crippen LogP contribution in [-0.2, 0) is 6.54 Å². The lowest BCUT2D eigenvalue weighted by Gasteiger charge is -2.04.